The fraction of sp³-hybridized carbons (Fsp3) is 0.533. The lowest BCUT2D eigenvalue weighted by Crippen LogP contribution is -2.20. The standard InChI is InChI=1S/C7H6O.C6H12O2.C2H6/c8-6-7-4-2-1-3-5-7;1-7-6-4-2-3-5-8-6;1-2/h1-6H;6H,2-5H2,1H3;1-2H3. The van der Waals surface area contributed by atoms with Crippen LogP contribution in [-0.4, -0.2) is 26.3 Å². The first-order valence-corrected chi connectivity index (χ1v) is 6.51. The Balaban J connectivity index is 0.000000283. The van der Waals surface area contributed by atoms with Gasteiger partial charge in [-0.25, -0.2) is 0 Å². The molecular formula is C15H24O3. The van der Waals surface area contributed by atoms with E-state index < -0.39 is 0 Å². The minimum atomic E-state index is 0.0868. The topological polar surface area (TPSA) is 35.5 Å². The van der Waals surface area contributed by atoms with Crippen LogP contribution >= 0.6 is 0 Å². The van der Waals surface area contributed by atoms with E-state index in [2.05, 4.69) is 0 Å². The normalized spacial score (nSPS) is 17.6. The van der Waals surface area contributed by atoms with Crippen LogP contribution in [0.2, 0.25) is 0 Å². The van der Waals surface area contributed by atoms with Gasteiger partial charge in [-0.1, -0.05) is 44.2 Å². The number of carbonyl (C=O) groups is 1. The first-order chi connectivity index (χ1) is 8.86. The van der Waals surface area contributed by atoms with Gasteiger partial charge in [0.1, 0.15) is 6.29 Å². The van der Waals surface area contributed by atoms with Crippen LogP contribution in [0.1, 0.15) is 43.5 Å². The highest BCUT2D eigenvalue weighted by Gasteiger charge is 2.10. The van der Waals surface area contributed by atoms with Gasteiger partial charge in [0.05, 0.1) is 0 Å². The second kappa shape index (κ2) is 12.3. The predicted octanol–water partition coefficient (Wildman–Crippen LogP) is 3.68. The van der Waals surface area contributed by atoms with Crippen molar-refractivity contribution in [3.05, 3.63) is 35.9 Å². The molecule has 1 aliphatic heterocycles. The summed E-state index contributed by atoms with van der Waals surface area (Å²) in [7, 11) is 1.69. The summed E-state index contributed by atoms with van der Waals surface area (Å²) in [6.45, 7) is 4.87. The molecule has 0 bridgehead atoms. The van der Waals surface area contributed by atoms with Gasteiger partial charge >= 0.3 is 0 Å². The molecule has 1 unspecified atom stereocenters. The first kappa shape index (κ1) is 16.8. The zero-order chi connectivity index (χ0) is 13.6. The van der Waals surface area contributed by atoms with E-state index in [-0.39, 0.29) is 6.29 Å². The zero-order valence-electron chi connectivity index (χ0n) is 11.6. The van der Waals surface area contributed by atoms with Crippen molar-refractivity contribution < 1.29 is 14.3 Å². The van der Waals surface area contributed by atoms with Crippen molar-refractivity contribution >= 4 is 6.29 Å². The van der Waals surface area contributed by atoms with Crippen molar-refractivity contribution in [2.75, 3.05) is 13.7 Å². The summed E-state index contributed by atoms with van der Waals surface area (Å²) in [5, 5.41) is 0. The van der Waals surface area contributed by atoms with E-state index in [1.54, 1.807) is 19.2 Å². The number of hydrogen-bond acceptors (Lipinski definition) is 3. The molecule has 0 N–H and O–H groups in total. The van der Waals surface area contributed by atoms with Gasteiger partial charge in [0.2, 0.25) is 0 Å². The Kier molecular flexibility index (Phi) is 11.5. The number of hydrogen-bond donors (Lipinski definition) is 0. The molecule has 1 aliphatic rings. The molecule has 0 radical (unpaired) electrons. The average molecular weight is 252 g/mol. The van der Waals surface area contributed by atoms with Crippen LogP contribution in [0.4, 0.5) is 0 Å². The summed E-state index contributed by atoms with van der Waals surface area (Å²) in [5.41, 5.74) is 0.729. The summed E-state index contributed by atoms with van der Waals surface area (Å²) in [6.07, 6.45) is 4.43. The Hall–Kier alpha value is -1.19. The molecule has 1 aromatic carbocycles. The van der Waals surface area contributed by atoms with E-state index in [0.717, 1.165) is 24.9 Å². The van der Waals surface area contributed by atoms with Gasteiger partial charge in [-0.05, 0) is 19.3 Å². The van der Waals surface area contributed by atoms with Crippen LogP contribution in [0.25, 0.3) is 0 Å². The van der Waals surface area contributed by atoms with Crippen molar-refractivity contribution in [3.8, 4) is 0 Å². The quantitative estimate of drug-likeness (QED) is 0.753. The number of rotatable bonds is 2. The van der Waals surface area contributed by atoms with Crippen molar-refractivity contribution in [1.82, 2.24) is 0 Å². The summed E-state index contributed by atoms with van der Waals surface area (Å²) >= 11 is 0. The number of carbonyl (C=O) groups excluding carboxylic acids is 1. The van der Waals surface area contributed by atoms with Crippen LogP contribution < -0.4 is 0 Å². The largest absolute Gasteiger partial charge is 0.356 e. The maximum Gasteiger partial charge on any atom is 0.157 e. The minimum Gasteiger partial charge on any atom is -0.356 e. The summed E-state index contributed by atoms with van der Waals surface area (Å²) in [6, 6.07) is 9.10. The van der Waals surface area contributed by atoms with Crippen molar-refractivity contribution in [1.29, 1.82) is 0 Å². The molecule has 0 aliphatic carbocycles. The van der Waals surface area contributed by atoms with Crippen LogP contribution in [0.3, 0.4) is 0 Å². The van der Waals surface area contributed by atoms with Gasteiger partial charge in [0.25, 0.3) is 0 Å². The number of ether oxygens (including phenoxy) is 2. The molecule has 1 aromatic rings. The molecule has 0 aromatic heterocycles. The highest BCUT2D eigenvalue weighted by Crippen LogP contribution is 2.11. The fourth-order valence-corrected chi connectivity index (χ4v) is 1.43. The number of benzene rings is 1. The van der Waals surface area contributed by atoms with Crippen LogP contribution in [0, 0.1) is 0 Å². The molecule has 0 amide bonds. The van der Waals surface area contributed by atoms with Crippen LogP contribution in [0.15, 0.2) is 30.3 Å². The van der Waals surface area contributed by atoms with E-state index in [0.29, 0.717) is 0 Å². The Bertz CT molecular complexity index is 279. The zero-order valence-corrected chi connectivity index (χ0v) is 11.6. The highest BCUT2D eigenvalue weighted by atomic mass is 16.7. The molecule has 1 fully saturated rings. The van der Waals surface area contributed by atoms with Crippen molar-refractivity contribution in [2.45, 2.75) is 39.4 Å². The lowest BCUT2D eigenvalue weighted by atomic mass is 10.2. The van der Waals surface area contributed by atoms with Gasteiger partial charge in [-0.3, -0.25) is 4.79 Å². The third-order valence-corrected chi connectivity index (χ3v) is 2.34. The molecule has 3 nitrogen and oxygen atoms in total. The van der Waals surface area contributed by atoms with Gasteiger partial charge < -0.3 is 9.47 Å². The van der Waals surface area contributed by atoms with Gasteiger partial charge in [0, 0.05) is 19.3 Å². The second-order valence-corrected chi connectivity index (χ2v) is 3.56. The first-order valence-electron chi connectivity index (χ1n) is 6.51. The molecule has 1 heterocycles. The molecule has 3 heteroatoms. The van der Waals surface area contributed by atoms with Crippen LogP contribution in [-0.2, 0) is 9.47 Å². The summed E-state index contributed by atoms with van der Waals surface area (Å²) < 4.78 is 10.2. The van der Waals surface area contributed by atoms with Crippen molar-refractivity contribution in [2.24, 2.45) is 0 Å². The molecular weight excluding hydrogens is 228 g/mol. The van der Waals surface area contributed by atoms with Gasteiger partial charge in [-0.15, -0.1) is 0 Å². The molecule has 0 spiro atoms. The predicted molar refractivity (Wildman–Crippen MR) is 73.8 cm³/mol. The second-order valence-electron chi connectivity index (χ2n) is 3.56. The lowest BCUT2D eigenvalue weighted by molar-refractivity contribution is -0.145. The van der Waals surface area contributed by atoms with E-state index >= 15 is 0 Å². The maximum absolute atomic E-state index is 10.0. The van der Waals surface area contributed by atoms with E-state index in [4.69, 9.17) is 9.47 Å². The number of methoxy groups -OCH3 is 1. The van der Waals surface area contributed by atoms with Crippen LogP contribution in [0.5, 0.6) is 0 Å². The molecule has 1 saturated heterocycles. The minimum absolute atomic E-state index is 0.0868. The third kappa shape index (κ3) is 7.98. The Labute approximate surface area is 110 Å². The highest BCUT2D eigenvalue weighted by molar-refractivity contribution is 5.74. The average Bonchev–Trinajstić information content (AvgIpc) is 2.51. The SMILES string of the molecule is CC.COC1CCCCO1.O=Cc1ccccc1. The third-order valence-electron chi connectivity index (χ3n) is 2.34. The summed E-state index contributed by atoms with van der Waals surface area (Å²) in [4.78, 5) is 10.0. The monoisotopic (exact) mass is 252 g/mol. The van der Waals surface area contributed by atoms with E-state index in [1.807, 2.05) is 32.0 Å². The van der Waals surface area contributed by atoms with Gasteiger partial charge in [0.15, 0.2) is 6.29 Å². The molecule has 1 atom stereocenters. The maximum atomic E-state index is 10.0. The summed E-state index contributed by atoms with van der Waals surface area (Å²) in [5.74, 6) is 0. The Morgan fingerprint density at radius 1 is 1.22 bits per heavy atom. The Morgan fingerprint density at radius 2 is 1.89 bits per heavy atom. The molecule has 18 heavy (non-hydrogen) atoms. The Morgan fingerprint density at radius 3 is 2.22 bits per heavy atom. The lowest BCUT2D eigenvalue weighted by Gasteiger charge is -2.20. The number of aldehydes is 1. The van der Waals surface area contributed by atoms with Crippen molar-refractivity contribution in [3.63, 3.8) is 0 Å². The molecule has 102 valence electrons. The van der Waals surface area contributed by atoms with E-state index in [9.17, 15) is 4.79 Å². The molecule has 0 saturated carbocycles. The smallest absolute Gasteiger partial charge is 0.157 e. The van der Waals surface area contributed by atoms with Gasteiger partial charge in [-0.2, -0.15) is 0 Å². The molecule has 2 rings (SSSR count). The van der Waals surface area contributed by atoms with E-state index in [1.165, 1.54) is 12.8 Å². The fourth-order valence-electron chi connectivity index (χ4n) is 1.43.